The monoisotopic (exact) mass is 319 g/mol. The third kappa shape index (κ3) is 2.78. The lowest BCUT2D eigenvalue weighted by atomic mass is 10.1. The maximum Gasteiger partial charge on any atom is 0.243 e. The van der Waals surface area contributed by atoms with Crippen molar-refractivity contribution in [3.63, 3.8) is 0 Å². The number of halogens is 1. The second-order valence-corrected chi connectivity index (χ2v) is 7.32. The molecule has 0 bridgehead atoms. The first-order valence-electron chi connectivity index (χ1n) is 7.07. The van der Waals surface area contributed by atoms with Crippen LogP contribution in [0, 0.1) is 0 Å². The van der Waals surface area contributed by atoms with Crippen molar-refractivity contribution in [2.45, 2.75) is 49.6 Å². The number of carbonyl (C=O) groups excluding carboxylic acids is 2. The summed E-state index contributed by atoms with van der Waals surface area (Å²) in [6, 6.07) is -0.0530. The molecule has 0 spiro atoms. The van der Waals surface area contributed by atoms with Crippen molar-refractivity contribution in [1.29, 1.82) is 0 Å². The van der Waals surface area contributed by atoms with Crippen molar-refractivity contribution in [3.05, 3.63) is 0 Å². The Morgan fingerprint density at radius 2 is 2.35 bits per heavy atom. The van der Waals surface area contributed by atoms with E-state index in [-0.39, 0.29) is 41.2 Å². The first-order chi connectivity index (χ1) is 9.10. The molecule has 3 aliphatic rings. The van der Waals surface area contributed by atoms with Gasteiger partial charge in [0.2, 0.25) is 11.8 Å². The van der Waals surface area contributed by atoms with Crippen molar-refractivity contribution < 1.29 is 9.59 Å². The number of rotatable bonds is 2. The Morgan fingerprint density at radius 3 is 3.05 bits per heavy atom. The quantitative estimate of drug-likeness (QED) is 0.788. The number of amides is 2. The minimum atomic E-state index is -0.271. The summed E-state index contributed by atoms with van der Waals surface area (Å²) in [5, 5.41) is 6.40. The molecule has 0 aromatic heterocycles. The molecular weight excluding hydrogens is 298 g/mol. The Morgan fingerprint density at radius 1 is 1.55 bits per heavy atom. The Kier molecular flexibility index (Phi) is 4.87. The molecule has 0 saturated carbocycles. The number of piperidine rings is 1. The smallest absolute Gasteiger partial charge is 0.243 e. The van der Waals surface area contributed by atoms with Crippen LogP contribution < -0.4 is 10.6 Å². The van der Waals surface area contributed by atoms with E-state index in [1.807, 2.05) is 4.90 Å². The van der Waals surface area contributed by atoms with Gasteiger partial charge in [-0.3, -0.25) is 9.59 Å². The van der Waals surface area contributed by atoms with E-state index in [4.69, 9.17) is 0 Å². The molecule has 0 radical (unpaired) electrons. The van der Waals surface area contributed by atoms with E-state index in [1.165, 1.54) is 0 Å². The van der Waals surface area contributed by atoms with Crippen molar-refractivity contribution >= 4 is 36.0 Å². The molecule has 7 heteroatoms. The van der Waals surface area contributed by atoms with Gasteiger partial charge in [-0.25, -0.2) is 0 Å². The lowest BCUT2D eigenvalue weighted by Crippen LogP contribution is -2.54. The fraction of sp³-hybridized carbons (Fsp3) is 0.846. The Bertz CT molecular complexity index is 403. The normalized spacial score (nSPS) is 36.5. The Labute approximate surface area is 130 Å². The van der Waals surface area contributed by atoms with Gasteiger partial charge in [0, 0.05) is 24.8 Å². The summed E-state index contributed by atoms with van der Waals surface area (Å²) >= 11 is 1.75. The molecule has 20 heavy (non-hydrogen) atoms. The van der Waals surface area contributed by atoms with Crippen LogP contribution in [-0.2, 0) is 9.59 Å². The molecule has 0 aliphatic carbocycles. The molecule has 3 atom stereocenters. The van der Waals surface area contributed by atoms with Gasteiger partial charge < -0.3 is 15.5 Å². The number of carbonyl (C=O) groups is 2. The number of nitrogens with zero attached hydrogens (tertiary/aromatic N) is 1. The Balaban J connectivity index is 0.00000147. The highest BCUT2D eigenvalue weighted by atomic mass is 35.5. The molecule has 0 aromatic carbocycles. The van der Waals surface area contributed by atoms with Gasteiger partial charge in [0.15, 0.2) is 0 Å². The third-order valence-electron chi connectivity index (χ3n) is 4.39. The summed E-state index contributed by atoms with van der Waals surface area (Å²) in [7, 11) is 0. The molecule has 114 valence electrons. The van der Waals surface area contributed by atoms with Crippen LogP contribution in [0.4, 0.5) is 0 Å². The van der Waals surface area contributed by atoms with Crippen LogP contribution in [0.25, 0.3) is 0 Å². The fourth-order valence-electron chi connectivity index (χ4n) is 3.29. The van der Waals surface area contributed by atoms with E-state index in [9.17, 15) is 9.59 Å². The molecule has 3 fully saturated rings. The van der Waals surface area contributed by atoms with E-state index in [0.717, 1.165) is 38.1 Å². The van der Waals surface area contributed by atoms with Crippen LogP contribution in [0.5, 0.6) is 0 Å². The van der Waals surface area contributed by atoms with E-state index in [2.05, 4.69) is 17.6 Å². The fourth-order valence-corrected chi connectivity index (χ4v) is 4.72. The molecular formula is C13H22ClN3O2S. The average Bonchev–Trinajstić information content (AvgIpc) is 2.88. The zero-order valence-corrected chi connectivity index (χ0v) is 13.3. The summed E-state index contributed by atoms with van der Waals surface area (Å²) in [5.74, 6) is 0.892. The van der Waals surface area contributed by atoms with Crippen molar-refractivity contribution in [3.8, 4) is 0 Å². The molecule has 2 N–H and O–H groups in total. The van der Waals surface area contributed by atoms with Gasteiger partial charge in [-0.05, 0) is 32.7 Å². The summed E-state index contributed by atoms with van der Waals surface area (Å²) in [6.07, 6.45) is 3.58. The van der Waals surface area contributed by atoms with Gasteiger partial charge in [0.05, 0.1) is 4.87 Å². The predicted molar refractivity (Wildman–Crippen MR) is 82.0 cm³/mol. The zero-order valence-electron chi connectivity index (χ0n) is 11.7. The van der Waals surface area contributed by atoms with Crippen LogP contribution in [-0.4, -0.2) is 52.5 Å². The topological polar surface area (TPSA) is 61.4 Å². The third-order valence-corrected chi connectivity index (χ3v) is 5.90. The molecule has 3 aliphatic heterocycles. The predicted octanol–water partition coefficient (Wildman–Crippen LogP) is 0.730. The zero-order chi connectivity index (χ0) is 13.5. The second-order valence-electron chi connectivity index (χ2n) is 5.82. The van der Waals surface area contributed by atoms with Crippen LogP contribution in [0.3, 0.4) is 0 Å². The van der Waals surface area contributed by atoms with E-state index >= 15 is 0 Å². The van der Waals surface area contributed by atoms with Gasteiger partial charge in [-0.1, -0.05) is 0 Å². The summed E-state index contributed by atoms with van der Waals surface area (Å²) in [6.45, 7) is 3.96. The molecule has 0 aromatic rings. The molecule has 5 nitrogen and oxygen atoms in total. The SMILES string of the molecule is CC12CCC(=O)N1C(C(=O)N[C@H]1CCCNC1)CS2.Cl. The minimum absolute atomic E-state index is 0. The first-order valence-corrected chi connectivity index (χ1v) is 8.06. The van der Waals surface area contributed by atoms with E-state index in [0.29, 0.717) is 6.42 Å². The molecule has 2 amide bonds. The standard InChI is InChI=1S/C13H21N3O2S.ClH/c1-13-5-4-11(17)16(13)10(8-19-13)12(18)15-9-3-2-6-14-7-9;/h9-10,14H,2-8H2,1H3,(H,15,18);1H/t9-,10?,13?;/m0./s1. The van der Waals surface area contributed by atoms with Gasteiger partial charge in [-0.15, -0.1) is 24.2 Å². The number of hydrogen-bond acceptors (Lipinski definition) is 4. The average molecular weight is 320 g/mol. The maximum atomic E-state index is 12.4. The number of hydrogen-bond donors (Lipinski definition) is 2. The molecule has 2 unspecified atom stereocenters. The largest absolute Gasteiger partial charge is 0.350 e. The number of thioether (sulfide) groups is 1. The molecule has 3 heterocycles. The van der Waals surface area contributed by atoms with Gasteiger partial charge in [-0.2, -0.15) is 0 Å². The Hall–Kier alpha value is -0.460. The summed E-state index contributed by atoms with van der Waals surface area (Å²) in [5.41, 5.74) is 0. The van der Waals surface area contributed by atoms with Gasteiger partial charge in [0.25, 0.3) is 0 Å². The highest BCUT2D eigenvalue weighted by Crippen LogP contribution is 2.47. The maximum absolute atomic E-state index is 12.4. The highest BCUT2D eigenvalue weighted by molar-refractivity contribution is 8.01. The molecule has 3 rings (SSSR count). The van der Waals surface area contributed by atoms with Crippen molar-refractivity contribution in [1.82, 2.24) is 15.5 Å². The lowest BCUT2D eigenvalue weighted by molar-refractivity contribution is -0.138. The van der Waals surface area contributed by atoms with E-state index < -0.39 is 0 Å². The van der Waals surface area contributed by atoms with Crippen molar-refractivity contribution in [2.24, 2.45) is 0 Å². The van der Waals surface area contributed by atoms with Crippen LogP contribution in [0.15, 0.2) is 0 Å². The van der Waals surface area contributed by atoms with Gasteiger partial charge >= 0.3 is 0 Å². The van der Waals surface area contributed by atoms with Crippen LogP contribution in [0.1, 0.15) is 32.6 Å². The van der Waals surface area contributed by atoms with Crippen molar-refractivity contribution in [2.75, 3.05) is 18.8 Å². The van der Waals surface area contributed by atoms with Gasteiger partial charge in [0.1, 0.15) is 6.04 Å². The summed E-state index contributed by atoms with van der Waals surface area (Å²) < 4.78 is 0. The number of nitrogens with one attached hydrogen (secondary N) is 2. The lowest BCUT2D eigenvalue weighted by Gasteiger charge is -2.31. The van der Waals surface area contributed by atoms with Crippen LogP contribution >= 0.6 is 24.2 Å². The van der Waals surface area contributed by atoms with E-state index in [1.54, 1.807) is 11.8 Å². The number of fused-ring (bicyclic) bond motifs is 1. The molecule has 3 saturated heterocycles. The van der Waals surface area contributed by atoms with Crippen LogP contribution in [0.2, 0.25) is 0 Å². The minimum Gasteiger partial charge on any atom is -0.350 e. The second kappa shape index (κ2) is 6.12. The highest BCUT2D eigenvalue weighted by Gasteiger charge is 2.52. The summed E-state index contributed by atoms with van der Waals surface area (Å²) in [4.78, 5) is 26.1. The first kappa shape index (κ1) is 15.9.